The molecule has 0 aliphatic heterocycles. The lowest BCUT2D eigenvalue weighted by Gasteiger charge is -2.33. The Bertz CT molecular complexity index is 745. The summed E-state index contributed by atoms with van der Waals surface area (Å²) >= 11 is 4.23. The van der Waals surface area contributed by atoms with E-state index in [9.17, 15) is 14.4 Å². The van der Waals surface area contributed by atoms with Crippen LogP contribution in [-0.2, 0) is 14.3 Å². The van der Waals surface area contributed by atoms with Crippen molar-refractivity contribution in [2.75, 3.05) is 12.8 Å². The van der Waals surface area contributed by atoms with E-state index in [1.807, 2.05) is 30.3 Å². The van der Waals surface area contributed by atoms with Crippen molar-refractivity contribution in [1.29, 1.82) is 0 Å². The monoisotopic (exact) mass is 449 g/mol. The van der Waals surface area contributed by atoms with Crippen molar-refractivity contribution in [2.45, 2.75) is 76.6 Å². The van der Waals surface area contributed by atoms with Crippen molar-refractivity contribution in [3.8, 4) is 0 Å². The maximum Gasteiger partial charge on any atom is 0.408 e. The number of hydrogen-bond donors (Lipinski definition) is 3. The average molecular weight is 450 g/mol. The summed E-state index contributed by atoms with van der Waals surface area (Å²) in [6.07, 6.45) is 4.58. The van der Waals surface area contributed by atoms with E-state index in [1.165, 1.54) is 11.3 Å². The maximum absolute atomic E-state index is 13.2. The SMILES string of the molecule is CN(C(=O)C(CS)NC(=O)OC(C)(C)C)C(C(=O)NC1CCCCC1)c1ccccc1. The summed E-state index contributed by atoms with van der Waals surface area (Å²) in [5.74, 6) is -0.550. The van der Waals surface area contributed by atoms with E-state index >= 15 is 0 Å². The molecular formula is C23H35N3O4S. The lowest BCUT2D eigenvalue weighted by Crippen LogP contribution is -2.53. The predicted molar refractivity (Wildman–Crippen MR) is 124 cm³/mol. The second-order valence-corrected chi connectivity index (χ2v) is 9.35. The van der Waals surface area contributed by atoms with Crippen molar-refractivity contribution < 1.29 is 19.1 Å². The molecule has 2 N–H and O–H groups in total. The number of rotatable bonds is 7. The molecule has 1 aliphatic rings. The summed E-state index contributed by atoms with van der Waals surface area (Å²) in [5.41, 5.74) is 0.0222. The molecule has 0 radical (unpaired) electrons. The van der Waals surface area contributed by atoms with Gasteiger partial charge < -0.3 is 20.3 Å². The number of thiol groups is 1. The number of benzene rings is 1. The Morgan fingerprint density at radius 2 is 1.74 bits per heavy atom. The van der Waals surface area contributed by atoms with E-state index in [0.29, 0.717) is 5.56 Å². The molecule has 0 saturated heterocycles. The normalized spacial score (nSPS) is 16.7. The van der Waals surface area contributed by atoms with Gasteiger partial charge in [0.15, 0.2) is 0 Å². The molecule has 2 unspecified atom stereocenters. The number of carbonyl (C=O) groups is 3. The van der Waals surface area contributed by atoms with Gasteiger partial charge in [-0.2, -0.15) is 12.6 Å². The molecule has 8 heteroatoms. The van der Waals surface area contributed by atoms with Crippen molar-refractivity contribution in [3.05, 3.63) is 35.9 Å². The van der Waals surface area contributed by atoms with Gasteiger partial charge in [-0.15, -0.1) is 0 Å². The van der Waals surface area contributed by atoms with Crippen LogP contribution in [0.15, 0.2) is 30.3 Å². The molecule has 0 spiro atoms. The van der Waals surface area contributed by atoms with Crippen LogP contribution in [0.2, 0.25) is 0 Å². The lowest BCUT2D eigenvalue weighted by atomic mass is 9.94. The standard InChI is InChI=1S/C23H35N3O4S/c1-23(2,3)30-22(29)25-18(15-31)21(28)26(4)19(16-11-7-5-8-12-16)20(27)24-17-13-9-6-10-14-17/h5,7-8,11-12,17-19,31H,6,9-10,13-15H2,1-4H3,(H,24,27)(H,25,29). The van der Waals surface area contributed by atoms with Crippen LogP contribution in [0.25, 0.3) is 0 Å². The summed E-state index contributed by atoms with van der Waals surface area (Å²) in [5, 5.41) is 5.69. The Kier molecular flexibility index (Phi) is 9.22. The van der Waals surface area contributed by atoms with Crippen molar-refractivity contribution >= 4 is 30.5 Å². The number of hydrogen-bond acceptors (Lipinski definition) is 5. The first-order valence-corrected chi connectivity index (χ1v) is 11.5. The van der Waals surface area contributed by atoms with E-state index in [-0.39, 0.29) is 17.7 Å². The van der Waals surface area contributed by atoms with Gasteiger partial charge >= 0.3 is 6.09 Å². The highest BCUT2D eigenvalue weighted by Gasteiger charge is 2.34. The minimum absolute atomic E-state index is 0.0775. The number of alkyl carbamates (subject to hydrolysis) is 1. The number of carbonyl (C=O) groups excluding carboxylic acids is 3. The molecule has 1 aromatic carbocycles. The summed E-state index contributed by atoms with van der Waals surface area (Å²) < 4.78 is 5.26. The van der Waals surface area contributed by atoms with Crippen LogP contribution in [-0.4, -0.2) is 53.3 Å². The zero-order valence-electron chi connectivity index (χ0n) is 18.9. The Morgan fingerprint density at radius 1 is 1.13 bits per heavy atom. The fourth-order valence-electron chi connectivity index (χ4n) is 3.72. The Labute approximate surface area is 190 Å². The maximum atomic E-state index is 13.2. The van der Waals surface area contributed by atoms with Gasteiger partial charge in [-0.05, 0) is 39.2 Å². The van der Waals surface area contributed by atoms with E-state index in [0.717, 1.165) is 25.7 Å². The number of ether oxygens (including phenoxy) is 1. The van der Waals surface area contributed by atoms with E-state index in [2.05, 4.69) is 23.3 Å². The van der Waals surface area contributed by atoms with Crippen LogP contribution in [0.4, 0.5) is 4.79 Å². The van der Waals surface area contributed by atoms with Gasteiger partial charge in [-0.25, -0.2) is 4.79 Å². The third-order valence-corrected chi connectivity index (χ3v) is 5.59. The topological polar surface area (TPSA) is 87.7 Å². The third kappa shape index (κ3) is 7.76. The molecule has 2 rings (SSSR count). The number of nitrogens with one attached hydrogen (secondary N) is 2. The number of likely N-dealkylation sites (N-methyl/N-ethyl adjacent to an activating group) is 1. The molecule has 0 aromatic heterocycles. The molecule has 31 heavy (non-hydrogen) atoms. The van der Waals surface area contributed by atoms with E-state index in [1.54, 1.807) is 27.8 Å². The minimum atomic E-state index is -0.920. The van der Waals surface area contributed by atoms with Gasteiger partial charge in [-0.3, -0.25) is 9.59 Å². The third-order valence-electron chi connectivity index (χ3n) is 5.22. The van der Waals surface area contributed by atoms with Crippen molar-refractivity contribution in [1.82, 2.24) is 15.5 Å². The minimum Gasteiger partial charge on any atom is -0.444 e. The first-order valence-electron chi connectivity index (χ1n) is 10.8. The van der Waals surface area contributed by atoms with Crippen LogP contribution < -0.4 is 10.6 Å². The highest BCUT2D eigenvalue weighted by molar-refractivity contribution is 7.80. The smallest absolute Gasteiger partial charge is 0.408 e. The number of amides is 3. The molecule has 0 heterocycles. The van der Waals surface area contributed by atoms with Gasteiger partial charge in [0.05, 0.1) is 0 Å². The molecule has 1 saturated carbocycles. The van der Waals surface area contributed by atoms with Crippen molar-refractivity contribution in [2.24, 2.45) is 0 Å². The molecule has 1 aromatic rings. The van der Waals surface area contributed by atoms with Crippen LogP contribution in [0, 0.1) is 0 Å². The van der Waals surface area contributed by atoms with Crippen molar-refractivity contribution in [3.63, 3.8) is 0 Å². The Balaban J connectivity index is 2.18. The largest absolute Gasteiger partial charge is 0.444 e. The van der Waals surface area contributed by atoms with Gasteiger partial charge in [0.2, 0.25) is 11.8 Å². The summed E-state index contributed by atoms with van der Waals surface area (Å²) in [6, 6.07) is 7.58. The van der Waals surface area contributed by atoms with Gasteiger partial charge in [0.25, 0.3) is 0 Å². The van der Waals surface area contributed by atoms with Crippen LogP contribution in [0.3, 0.4) is 0 Å². The predicted octanol–water partition coefficient (Wildman–Crippen LogP) is 3.46. The summed E-state index contributed by atoms with van der Waals surface area (Å²) in [4.78, 5) is 40.0. The molecule has 172 valence electrons. The quantitative estimate of drug-likeness (QED) is 0.557. The highest BCUT2D eigenvalue weighted by atomic mass is 32.1. The molecule has 7 nitrogen and oxygen atoms in total. The molecule has 1 aliphatic carbocycles. The van der Waals surface area contributed by atoms with E-state index in [4.69, 9.17) is 4.74 Å². The zero-order chi connectivity index (χ0) is 23.0. The average Bonchev–Trinajstić information content (AvgIpc) is 2.71. The zero-order valence-corrected chi connectivity index (χ0v) is 19.8. The summed E-state index contributed by atoms with van der Waals surface area (Å²) in [6.45, 7) is 5.24. The first kappa shape index (κ1) is 25.0. The summed E-state index contributed by atoms with van der Waals surface area (Å²) in [7, 11) is 1.58. The molecule has 2 atom stereocenters. The van der Waals surface area contributed by atoms with Gasteiger partial charge in [-0.1, -0.05) is 49.6 Å². The van der Waals surface area contributed by atoms with Gasteiger partial charge in [0, 0.05) is 18.8 Å². The first-order chi connectivity index (χ1) is 14.6. The fourth-order valence-corrected chi connectivity index (χ4v) is 3.97. The lowest BCUT2D eigenvalue weighted by molar-refractivity contribution is -0.140. The highest BCUT2D eigenvalue weighted by Crippen LogP contribution is 2.23. The Morgan fingerprint density at radius 3 is 2.29 bits per heavy atom. The molecule has 1 fully saturated rings. The van der Waals surface area contributed by atoms with Crippen LogP contribution >= 0.6 is 12.6 Å². The van der Waals surface area contributed by atoms with E-state index < -0.39 is 29.7 Å². The molecule has 0 bridgehead atoms. The van der Waals surface area contributed by atoms with Gasteiger partial charge in [0.1, 0.15) is 17.7 Å². The fraction of sp³-hybridized carbons (Fsp3) is 0.609. The second kappa shape index (κ2) is 11.4. The number of nitrogens with zero attached hydrogens (tertiary/aromatic N) is 1. The molecule has 3 amide bonds. The molecular weight excluding hydrogens is 414 g/mol. The Hall–Kier alpha value is -2.22. The van der Waals surface area contributed by atoms with Crippen LogP contribution in [0.5, 0.6) is 0 Å². The van der Waals surface area contributed by atoms with Crippen LogP contribution in [0.1, 0.15) is 64.5 Å². The second-order valence-electron chi connectivity index (χ2n) is 8.99.